The molecule has 1 aliphatic heterocycles. The maximum absolute atomic E-state index is 14.9. The number of nitrogens with zero attached hydrogens (tertiary/aromatic N) is 1. The number of hydrogen-bond donors (Lipinski definition) is 1. The maximum atomic E-state index is 14.9. The Balaban J connectivity index is 1.90. The van der Waals surface area contributed by atoms with E-state index < -0.39 is 41.2 Å². The Morgan fingerprint density at radius 1 is 1.24 bits per heavy atom. The van der Waals surface area contributed by atoms with Gasteiger partial charge in [-0.25, -0.2) is 0 Å². The predicted octanol–water partition coefficient (Wildman–Crippen LogP) is 5.34. The standard InChI is InChI=1S/C22H21ClF5NO5/c1-32-17-4-2-3-16(23)20(17)22(27,28)34-13-5-6-14(15(11-13)21(24,25)26)18-12-29(9-10-33-18)8-7-19(30)31/h2-6,11,18H,7-10,12H2,1H3,(H,30,31). The lowest BCUT2D eigenvalue weighted by atomic mass is 10.00. The second-order valence-electron chi connectivity index (χ2n) is 7.49. The molecule has 0 radical (unpaired) electrons. The van der Waals surface area contributed by atoms with Crippen LogP contribution in [0.25, 0.3) is 0 Å². The van der Waals surface area contributed by atoms with Gasteiger partial charge in [0.1, 0.15) is 17.1 Å². The third-order valence-corrected chi connectivity index (χ3v) is 5.52. The number of carbonyl (C=O) groups is 1. The van der Waals surface area contributed by atoms with E-state index in [1.165, 1.54) is 18.2 Å². The minimum atomic E-state index is -4.89. The van der Waals surface area contributed by atoms with Crippen molar-refractivity contribution in [3.05, 3.63) is 58.1 Å². The van der Waals surface area contributed by atoms with Crippen molar-refractivity contribution in [3.8, 4) is 11.5 Å². The van der Waals surface area contributed by atoms with Crippen LogP contribution in [0.4, 0.5) is 22.0 Å². The number of aliphatic carboxylic acids is 1. The number of carboxylic acids is 1. The minimum Gasteiger partial charge on any atom is -0.496 e. The van der Waals surface area contributed by atoms with Gasteiger partial charge in [0, 0.05) is 19.6 Å². The Labute approximate surface area is 196 Å². The highest BCUT2D eigenvalue weighted by Gasteiger charge is 2.42. The van der Waals surface area contributed by atoms with Crippen LogP contribution in [0.3, 0.4) is 0 Å². The summed E-state index contributed by atoms with van der Waals surface area (Å²) in [5.74, 6) is -2.06. The number of alkyl halides is 5. The summed E-state index contributed by atoms with van der Waals surface area (Å²) in [5.41, 5.74) is -2.28. The number of carboxylic acid groups (broad SMARTS) is 1. The second kappa shape index (κ2) is 10.3. The number of methoxy groups -OCH3 is 1. The van der Waals surface area contributed by atoms with E-state index in [1.807, 2.05) is 0 Å². The molecule has 1 saturated heterocycles. The third kappa shape index (κ3) is 6.08. The van der Waals surface area contributed by atoms with Crippen LogP contribution in [-0.2, 0) is 21.8 Å². The average molecular weight is 510 g/mol. The van der Waals surface area contributed by atoms with Gasteiger partial charge in [-0.15, -0.1) is 0 Å². The van der Waals surface area contributed by atoms with Crippen molar-refractivity contribution >= 4 is 17.6 Å². The summed E-state index contributed by atoms with van der Waals surface area (Å²) in [7, 11) is 1.14. The molecule has 1 aliphatic rings. The van der Waals surface area contributed by atoms with Gasteiger partial charge >= 0.3 is 18.3 Å². The van der Waals surface area contributed by atoms with Crippen molar-refractivity contribution in [1.82, 2.24) is 4.90 Å². The second-order valence-corrected chi connectivity index (χ2v) is 7.89. The van der Waals surface area contributed by atoms with Crippen LogP contribution in [-0.4, -0.2) is 49.3 Å². The van der Waals surface area contributed by atoms with Crippen LogP contribution in [0, 0.1) is 0 Å². The fourth-order valence-electron chi connectivity index (χ4n) is 3.63. The van der Waals surface area contributed by atoms with Gasteiger partial charge in [-0.1, -0.05) is 23.7 Å². The van der Waals surface area contributed by atoms with Crippen molar-refractivity contribution in [2.24, 2.45) is 0 Å². The highest BCUT2D eigenvalue weighted by Crippen LogP contribution is 2.44. The van der Waals surface area contributed by atoms with E-state index >= 15 is 0 Å². The molecule has 0 aromatic heterocycles. The summed E-state index contributed by atoms with van der Waals surface area (Å²) < 4.78 is 86.3. The average Bonchev–Trinajstić information content (AvgIpc) is 2.76. The Kier molecular flexibility index (Phi) is 7.89. The molecule has 1 atom stereocenters. The molecule has 3 rings (SSSR count). The summed E-state index contributed by atoms with van der Waals surface area (Å²) in [5, 5.41) is 8.46. The van der Waals surface area contributed by atoms with Gasteiger partial charge in [0.2, 0.25) is 0 Å². The normalized spacial score (nSPS) is 17.4. The highest BCUT2D eigenvalue weighted by molar-refractivity contribution is 6.31. The van der Waals surface area contributed by atoms with Gasteiger partial charge in [-0.2, -0.15) is 22.0 Å². The first-order valence-electron chi connectivity index (χ1n) is 10.1. The fraction of sp³-hybridized carbons (Fsp3) is 0.409. The summed E-state index contributed by atoms with van der Waals surface area (Å²) >= 11 is 5.87. The molecule has 0 aliphatic carbocycles. The molecule has 2 aromatic rings. The molecule has 6 nitrogen and oxygen atoms in total. The van der Waals surface area contributed by atoms with Gasteiger partial charge in [0.05, 0.1) is 36.8 Å². The molecule has 0 bridgehead atoms. The van der Waals surface area contributed by atoms with E-state index in [9.17, 15) is 26.7 Å². The molecule has 12 heteroatoms. The molecule has 0 amide bonds. The number of halogens is 6. The molecule has 186 valence electrons. The Bertz CT molecular complexity index is 1030. The van der Waals surface area contributed by atoms with Crippen molar-refractivity contribution < 1.29 is 46.1 Å². The van der Waals surface area contributed by atoms with E-state index in [0.29, 0.717) is 12.6 Å². The lowest BCUT2D eigenvalue weighted by Gasteiger charge is -2.34. The molecular formula is C22H21ClF5NO5. The van der Waals surface area contributed by atoms with Gasteiger partial charge in [0.25, 0.3) is 0 Å². The van der Waals surface area contributed by atoms with Crippen LogP contribution in [0.2, 0.25) is 5.02 Å². The van der Waals surface area contributed by atoms with Crippen molar-refractivity contribution in [2.75, 3.05) is 33.4 Å². The number of ether oxygens (including phenoxy) is 3. The van der Waals surface area contributed by atoms with Gasteiger partial charge in [0.15, 0.2) is 0 Å². The smallest absolute Gasteiger partial charge is 0.431 e. The summed E-state index contributed by atoms with van der Waals surface area (Å²) in [6.07, 6.45) is -10.2. The quantitative estimate of drug-likeness (QED) is 0.484. The fourth-order valence-corrected chi connectivity index (χ4v) is 3.90. The number of hydrogen-bond acceptors (Lipinski definition) is 5. The SMILES string of the molecule is COc1cccc(Cl)c1C(F)(F)Oc1ccc(C2CN(CCC(=O)O)CCO2)c(C(F)(F)F)c1. The zero-order chi connectivity index (χ0) is 25.1. The van der Waals surface area contributed by atoms with Crippen LogP contribution >= 0.6 is 11.6 Å². The molecule has 0 saturated carbocycles. The van der Waals surface area contributed by atoms with Crippen LogP contribution in [0.5, 0.6) is 11.5 Å². The van der Waals surface area contributed by atoms with Crippen molar-refractivity contribution in [2.45, 2.75) is 24.8 Å². The zero-order valence-electron chi connectivity index (χ0n) is 17.9. The molecule has 0 spiro atoms. The molecular weight excluding hydrogens is 489 g/mol. The molecule has 2 aromatic carbocycles. The molecule has 1 N–H and O–H groups in total. The topological polar surface area (TPSA) is 68.2 Å². The van der Waals surface area contributed by atoms with E-state index in [0.717, 1.165) is 19.2 Å². The van der Waals surface area contributed by atoms with Gasteiger partial charge in [-0.3, -0.25) is 9.69 Å². The third-order valence-electron chi connectivity index (χ3n) is 5.20. The van der Waals surface area contributed by atoms with Crippen LogP contribution in [0.1, 0.15) is 29.2 Å². The first kappa shape index (κ1) is 26.0. The maximum Gasteiger partial charge on any atom is 0.431 e. The van der Waals surface area contributed by atoms with Crippen molar-refractivity contribution in [1.29, 1.82) is 0 Å². The Morgan fingerprint density at radius 2 is 1.97 bits per heavy atom. The number of morpholine rings is 1. The highest BCUT2D eigenvalue weighted by atomic mass is 35.5. The minimum absolute atomic E-state index is 0.0174. The molecule has 34 heavy (non-hydrogen) atoms. The molecule has 1 heterocycles. The predicted molar refractivity (Wildman–Crippen MR) is 111 cm³/mol. The molecule has 1 unspecified atom stereocenters. The van der Waals surface area contributed by atoms with Gasteiger partial charge in [-0.05, 0) is 29.8 Å². The number of rotatable bonds is 8. The van der Waals surface area contributed by atoms with E-state index in [-0.39, 0.29) is 42.5 Å². The van der Waals surface area contributed by atoms with Crippen LogP contribution < -0.4 is 9.47 Å². The lowest BCUT2D eigenvalue weighted by Crippen LogP contribution is -2.40. The van der Waals surface area contributed by atoms with E-state index in [4.69, 9.17) is 26.2 Å². The molecule has 1 fully saturated rings. The first-order chi connectivity index (χ1) is 15.9. The largest absolute Gasteiger partial charge is 0.496 e. The van der Waals surface area contributed by atoms with E-state index in [2.05, 4.69) is 4.74 Å². The van der Waals surface area contributed by atoms with Gasteiger partial charge < -0.3 is 19.3 Å². The monoisotopic (exact) mass is 509 g/mol. The lowest BCUT2D eigenvalue weighted by molar-refractivity contribution is -0.187. The number of benzene rings is 2. The van der Waals surface area contributed by atoms with Crippen LogP contribution in [0.15, 0.2) is 36.4 Å². The zero-order valence-corrected chi connectivity index (χ0v) is 18.6. The summed E-state index contributed by atoms with van der Waals surface area (Å²) in [4.78, 5) is 12.5. The van der Waals surface area contributed by atoms with Crippen molar-refractivity contribution in [3.63, 3.8) is 0 Å². The summed E-state index contributed by atoms with van der Waals surface area (Å²) in [6, 6.07) is 6.26. The summed E-state index contributed by atoms with van der Waals surface area (Å²) in [6.45, 7) is 0.607. The Morgan fingerprint density at radius 3 is 2.62 bits per heavy atom. The van der Waals surface area contributed by atoms with E-state index in [1.54, 1.807) is 4.90 Å². The first-order valence-corrected chi connectivity index (χ1v) is 10.5. The Hall–Kier alpha value is -2.63.